The predicted molar refractivity (Wildman–Crippen MR) is 112 cm³/mol. The number of rotatable bonds is 5. The van der Waals surface area contributed by atoms with Crippen molar-refractivity contribution in [2.24, 2.45) is 0 Å². The number of aromatic carboxylic acids is 1. The first-order valence-electron chi connectivity index (χ1n) is 10.0. The van der Waals surface area contributed by atoms with Crippen LogP contribution in [0.5, 0.6) is 0 Å². The van der Waals surface area contributed by atoms with Gasteiger partial charge in [-0.2, -0.15) is 4.98 Å². The Labute approximate surface area is 178 Å². The van der Waals surface area contributed by atoms with Crippen LogP contribution < -0.4 is 0 Å². The maximum atomic E-state index is 11.1. The van der Waals surface area contributed by atoms with Gasteiger partial charge < -0.3 is 14.6 Å². The molecule has 8 heteroatoms. The van der Waals surface area contributed by atoms with Gasteiger partial charge in [0.1, 0.15) is 0 Å². The molecular formula is C23H21N5O3. The molecule has 156 valence electrons. The Morgan fingerprint density at radius 2 is 1.97 bits per heavy atom. The Kier molecular flexibility index (Phi) is 4.83. The lowest BCUT2D eigenvalue weighted by atomic mass is 10.0. The van der Waals surface area contributed by atoms with Crippen molar-refractivity contribution in [3.8, 4) is 11.4 Å². The molecule has 0 saturated heterocycles. The van der Waals surface area contributed by atoms with Gasteiger partial charge in [0.05, 0.1) is 29.3 Å². The van der Waals surface area contributed by atoms with Gasteiger partial charge in [-0.25, -0.2) is 9.78 Å². The third-order valence-corrected chi connectivity index (χ3v) is 5.62. The standard InChI is InChI=1S/C23H21N5O3/c1-14-2-6-16(7-3-14)21-26-22(31-27-21)20-10-18-19(25-13-24-18)12-28(20)11-15-4-8-17(9-5-15)23(29)30/h2-9,13,20H,10-12H2,1H3,(H,24,25)(H,29,30)/t20-/m0/s1. The lowest BCUT2D eigenvalue weighted by Gasteiger charge is -2.32. The van der Waals surface area contributed by atoms with Crippen LogP contribution in [0.2, 0.25) is 0 Å². The van der Waals surface area contributed by atoms with Crippen molar-refractivity contribution in [3.63, 3.8) is 0 Å². The summed E-state index contributed by atoms with van der Waals surface area (Å²) < 4.78 is 5.68. The second-order valence-electron chi connectivity index (χ2n) is 7.78. The van der Waals surface area contributed by atoms with Crippen LogP contribution in [0.4, 0.5) is 0 Å². The number of carbonyl (C=O) groups is 1. The molecule has 0 aliphatic carbocycles. The topological polar surface area (TPSA) is 108 Å². The molecule has 1 aliphatic heterocycles. The zero-order valence-corrected chi connectivity index (χ0v) is 16.9. The van der Waals surface area contributed by atoms with Gasteiger partial charge in [0.25, 0.3) is 0 Å². The van der Waals surface area contributed by atoms with Crippen LogP contribution >= 0.6 is 0 Å². The van der Waals surface area contributed by atoms with Crippen molar-refractivity contribution in [3.05, 3.63) is 88.8 Å². The van der Waals surface area contributed by atoms with E-state index in [1.54, 1.807) is 18.5 Å². The molecular weight excluding hydrogens is 394 g/mol. The highest BCUT2D eigenvalue weighted by Gasteiger charge is 2.33. The first-order chi connectivity index (χ1) is 15.1. The van der Waals surface area contributed by atoms with Crippen LogP contribution in [0.3, 0.4) is 0 Å². The molecule has 5 rings (SSSR count). The quantitative estimate of drug-likeness (QED) is 0.511. The lowest BCUT2D eigenvalue weighted by molar-refractivity contribution is 0.0697. The van der Waals surface area contributed by atoms with E-state index in [1.807, 2.05) is 43.3 Å². The molecule has 0 saturated carbocycles. The molecule has 0 radical (unpaired) electrons. The van der Waals surface area contributed by atoms with E-state index in [0.29, 0.717) is 31.2 Å². The molecule has 0 spiro atoms. The third kappa shape index (κ3) is 3.85. The van der Waals surface area contributed by atoms with Crippen molar-refractivity contribution in [1.82, 2.24) is 25.0 Å². The lowest BCUT2D eigenvalue weighted by Crippen LogP contribution is -2.34. The summed E-state index contributed by atoms with van der Waals surface area (Å²) >= 11 is 0. The van der Waals surface area contributed by atoms with E-state index in [9.17, 15) is 4.79 Å². The van der Waals surface area contributed by atoms with E-state index in [-0.39, 0.29) is 11.6 Å². The first kappa shape index (κ1) is 19.2. The van der Waals surface area contributed by atoms with Gasteiger partial charge in [-0.1, -0.05) is 47.1 Å². The van der Waals surface area contributed by atoms with E-state index in [4.69, 9.17) is 9.63 Å². The molecule has 1 aliphatic rings. The van der Waals surface area contributed by atoms with Crippen LogP contribution in [0.25, 0.3) is 11.4 Å². The van der Waals surface area contributed by atoms with Crippen LogP contribution in [0.1, 0.15) is 44.8 Å². The molecule has 2 aromatic heterocycles. The average Bonchev–Trinajstić information content (AvgIpc) is 3.43. The number of carboxylic acid groups (broad SMARTS) is 1. The number of nitrogens with one attached hydrogen (secondary N) is 1. The van der Waals surface area contributed by atoms with Gasteiger partial charge in [0, 0.05) is 25.1 Å². The van der Waals surface area contributed by atoms with Crippen molar-refractivity contribution >= 4 is 5.97 Å². The van der Waals surface area contributed by atoms with E-state index in [1.165, 1.54) is 5.56 Å². The van der Waals surface area contributed by atoms with Crippen LogP contribution in [-0.2, 0) is 19.5 Å². The molecule has 8 nitrogen and oxygen atoms in total. The highest BCUT2D eigenvalue weighted by Crippen LogP contribution is 2.33. The molecule has 0 unspecified atom stereocenters. The van der Waals surface area contributed by atoms with Crippen LogP contribution in [-0.4, -0.2) is 36.1 Å². The van der Waals surface area contributed by atoms with Crippen molar-refractivity contribution in [2.75, 3.05) is 0 Å². The molecule has 4 aromatic rings. The summed E-state index contributed by atoms with van der Waals surface area (Å²) in [6.45, 7) is 3.31. The van der Waals surface area contributed by atoms with Crippen LogP contribution in [0, 0.1) is 6.92 Å². The van der Waals surface area contributed by atoms with E-state index < -0.39 is 5.97 Å². The number of imidazole rings is 1. The smallest absolute Gasteiger partial charge is 0.335 e. The van der Waals surface area contributed by atoms with Gasteiger partial charge in [0.2, 0.25) is 11.7 Å². The number of aromatic amines is 1. The number of hydrogen-bond donors (Lipinski definition) is 2. The summed E-state index contributed by atoms with van der Waals surface area (Å²) in [5.74, 6) is 0.180. The predicted octanol–water partition coefficient (Wildman–Crippen LogP) is 3.77. The Balaban J connectivity index is 1.43. The largest absolute Gasteiger partial charge is 0.478 e. The number of carboxylic acids is 1. The minimum atomic E-state index is -0.931. The Hall–Kier alpha value is -3.78. The second kappa shape index (κ2) is 7.81. The minimum Gasteiger partial charge on any atom is -0.478 e. The van der Waals surface area contributed by atoms with E-state index in [0.717, 1.165) is 22.5 Å². The summed E-state index contributed by atoms with van der Waals surface area (Å²) in [5.41, 5.74) is 5.43. The highest BCUT2D eigenvalue weighted by molar-refractivity contribution is 5.87. The average molecular weight is 415 g/mol. The summed E-state index contributed by atoms with van der Waals surface area (Å²) in [7, 11) is 0. The van der Waals surface area contributed by atoms with Gasteiger partial charge >= 0.3 is 5.97 Å². The summed E-state index contributed by atoms with van der Waals surface area (Å²) in [6, 6.07) is 14.8. The first-order valence-corrected chi connectivity index (χ1v) is 10.0. The zero-order valence-electron chi connectivity index (χ0n) is 16.9. The van der Waals surface area contributed by atoms with Crippen LogP contribution in [0.15, 0.2) is 59.4 Å². The van der Waals surface area contributed by atoms with Gasteiger partial charge in [-0.05, 0) is 24.6 Å². The molecule has 0 fully saturated rings. The molecule has 0 bridgehead atoms. The number of benzene rings is 2. The van der Waals surface area contributed by atoms with Crippen molar-refractivity contribution < 1.29 is 14.4 Å². The van der Waals surface area contributed by atoms with E-state index in [2.05, 4.69) is 25.0 Å². The SMILES string of the molecule is Cc1ccc(-c2noc([C@@H]3Cc4nc[nH]c4CN3Cc3ccc(C(=O)O)cc3)n2)cc1. The van der Waals surface area contributed by atoms with Crippen molar-refractivity contribution in [2.45, 2.75) is 32.5 Å². The number of H-pyrrole nitrogens is 1. The number of nitrogens with zero attached hydrogens (tertiary/aromatic N) is 4. The molecule has 0 amide bonds. The second-order valence-corrected chi connectivity index (χ2v) is 7.78. The minimum absolute atomic E-state index is 0.123. The fourth-order valence-corrected chi connectivity index (χ4v) is 3.87. The van der Waals surface area contributed by atoms with Crippen molar-refractivity contribution in [1.29, 1.82) is 0 Å². The Morgan fingerprint density at radius 1 is 1.19 bits per heavy atom. The van der Waals surface area contributed by atoms with Gasteiger partial charge in [0.15, 0.2) is 0 Å². The maximum absolute atomic E-state index is 11.1. The highest BCUT2D eigenvalue weighted by atomic mass is 16.5. The van der Waals surface area contributed by atoms with E-state index >= 15 is 0 Å². The molecule has 31 heavy (non-hydrogen) atoms. The fraction of sp³-hybridized carbons (Fsp3) is 0.217. The molecule has 3 heterocycles. The number of fused-ring (bicyclic) bond motifs is 1. The maximum Gasteiger partial charge on any atom is 0.335 e. The monoisotopic (exact) mass is 415 g/mol. The molecule has 1 atom stereocenters. The third-order valence-electron chi connectivity index (χ3n) is 5.62. The van der Waals surface area contributed by atoms with Gasteiger partial charge in [-0.15, -0.1) is 0 Å². The fourth-order valence-electron chi connectivity index (χ4n) is 3.87. The summed E-state index contributed by atoms with van der Waals surface area (Å²) in [4.78, 5) is 25.7. The molecule has 2 aromatic carbocycles. The summed E-state index contributed by atoms with van der Waals surface area (Å²) in [6.07, 6.45) is 2.36. The molecule has 2 N–H and O–H groups in total. The number of hydrogen-bond acceptors (Lipinski definition) is 6. The summed E-state index contributed by atoms with van der Waals surface area (Å²) in [5, 5.41) is 13.3. The van der Waals surface area contributed by atoms with Gasteiger partial charge in [-0.3, -0.25) is 4.90 Å². The zero-order chi connectivity index (χ0) is 21.4. The number of aryl methyl sites for hydroxylation is 1. The Morgan fingerprint density at radius 3 is 2.71 bits per heavy atom. The normalized spacial score (nSPS) is 16.2. The number of aromatic nitrogens is 4. The Bertz CT molecular complexity index is 1210.